The van der Waals surface area contributed by atoms with Gasteiger partial charge < -0.3 is 4.74 Å². The fourth-order valence-corrected chi connectivity index (χ4v) is 2.21. The maximum atomic E-state index is 13.4. The zero-order valence-corrected chi connectivity index (χ0v) is 16.1. The molecular formula is C16H11Cl4FN4O. The molecule has 5 nitrogen and oxygen atoms in total. The number of rotatable bonds is 4. The summed E-state index contributed by atoms with van der Waals surface area (Å²) >= 11 is 22.2. The van der Waals surface area contributed by atoms with Gasteiger partial charge in [0.05, 0.1) is 5.88 Å². The van der Waals surface area contributed by atoms with Crippen molar-refractivity contribution in [2.24, 2.45) is 0 Å². The Morgan fingerprint density at radius 1 is 0.885 bits per heavy atom. The number of benzene rings is 1. The first-order valence-electron chi connectivity index (χ1n) is 7.06. The van der Waals surface area contributed by atoms with Crippen molar-refractivity contribution >= 4 is 46.4 Å². The van der Waals surface area contributed by atoms with Crippen LogP contribution in [0.25, 0.3) is 0 Å². The summed E-state index contributed by atoms with van der Waals surface area (Å²) in [6.45, 7) is 0.0408. The number of alkyl halides is 1. The van der Waals surface area contributed by atoms with Crippen LogP contribution in [0.3, 0.4) is 0 Å². The maximum absolute atomic E-state index is 13.4. The smallest absolute Gasteiger partial charge is 0.167 e. The van der Waals surface area contributed by atoms with Crippen molar-refractivity contribution in [3.05, 3.63) is 75.5 Å². The molecule has 3 rings (SSSR count). The van der Waals surface area contributed by atoms with Crippen molar-refractivity contribution in [2.45, 2.75) is 12.5 Å². The summed E-state index contributed by atoms with van der Waals surface area (Å²) in [6.07, 6.45) is 3.08. The van der Waals surface area contributed by atoms with Gasteiger partial charge in [-0.15, -0.1) is 11.6 Å². The first-order valence-corrected chi connectivity index (χ1v) is 8.73. The molecule has 0 saturated heterocycles. The molecule has 2 aromatic heterocycles. The van der Waals surface area contributed by atoms with Gasteiger partial charge >= 0.3 is 0 Å². The highest BCUT2D eigenvalue weighted by Crippen LogP contribution is 2.21. The lowest BCUT2D eigenvalue weighted by molar-refractivity contribution is 0.281. The monoisotopic (exact) mass is 434 g/mol. The molecule has 0 amide bonds. The van der Waals surface area contributed by atoms with Crippen molar-refractivity contribution in [1.29, 1.82) is 0 Å². The van der Waals surface area contributed by atoms with Crippen LogP contribution in [0.1, 0.15) is 11.6 Å². The molecule has 0 spiro atoms. The quantitative estimate of drug-likeness (QED) is 0.407. The molecular weight excluding hydrogens is 425 g/mol. The highest BCUT2D eigenvalue weighted by Gasteiger charge is 2.05. The molecule has 0 N–H and O–H groups in total. The lowest BCUT2D eigenvalue weighted by Crippen LogP contribution is -2.02. The van der Waals surface area contributed by atoms with E-state index in [1.165, 1.54) is 18.3 Å². The van der Waals surface area contributed by atoms with Gasteiger partial charge in [-0.2, -0.15) is 0 Å². The normalized spacial score (nSPS) is 10.0. The molecule has 0 aliphatic rings. The van der Waals surface area contributed by atoms with Crippen molar-refractivity contribution in [3.8, 4) is 5.75 Å². The third kappa shape index (κ3) is 6.88. The zero-order valence-electron chi connectivity index (χ0n) is 13.0. The van der Waals surface area contributed by atoms with Gasteiger partial charge in [0, 0.05) is 17.4 Å². The number of halogens is 5. The standard InChI is InChI=1S/C11H7Cl2FN2O.C5H4Cl2N2/c12-7-1-2-9(8(14)5-7)17-6-11-15-4-3-10(13)16-11;6-3-5-8-2-1-4(7)9-5/h1-5H,6H2;1-2H,3H2. The van der Waals surface area contributed by atoms with Gasteiger partial charge in [0.2, 0.25) is 0 Å². The molecule has 3 aromatic rings. The van der Waals surface area contributed by atoms with E-state index in [9.17, 15) is 4.39 Å². The minimum Gasteiger partial charge on any atom is -0.483 e. The van der Waals surface area contributed by atoms with Gasteiger partial charge in [0.25, 0.3) is 0 Å². The molecule has 0 fully saturated rings. The lowest BCUT2D eigenvalue weighted by atomic mass is 10.3. The molecule has 0 saturated carbocycles. The second-order valence-corrected chi connectivity index (χ2v) is 6.07. The number of hydrogen-bond donors (Lipinski definition) is 0. The summed E-state index contributed by atoms with van der Waals surface area (Å²) in [4.78, 5) is 15.5. The van der Waals surface area contributed by atoms with Crippen LogP contribution in [0, 0.1) is 5.82 Å². The van der Waals surface area contributed by atoms with Gasteiger partial charge in [0.1, 0.15) is 22.7 Å². The van der Waals surface area contributed by atoms with Crippen molar-refractivity contribution in [3.63, 3.8) is 0 Å². The predicted molar refractivity (Wildman–Crippen MR) is 99.4 cm³/mol. The Labute approximate surface area is 169 Å². The van der Waals surface area contributed by atoms with Crippen molar-refractivity contribution in [1.82, 2.24) is 19.9 Å². The largest absolute Gasteiger partial charge is 0.483 e. The average Bonchev–Trinajstić information content (AvgIpc) is 2.61. The first-order chi connectivity index (χ1) is 12.5. The number of aromatic nitrogens is 4. The fraction of sp³-hybridized carbons (Fsp3) is 0.125. The van der Waals surface area contributed by atoms with E-state index in [1.54, 1.807) is 24.4 Å². The predicted octanol–water partition coefficient (Wildman–Crippen LogP) is 5.37. The Hall–Kier alpha value is -1.73. The van der Waals surface area contributed by atoms with Gasteiger partial charge in [-0.05, 0) is 30.3 Å². The molecule has 0 unspecified atom stereocenters. The highest BCUT2D eigenvalue weighted by atomic mass is 35.5. The minimum atomic E-state index is -0.528. The summed E-state index contributed by atoms with van der Waals surface area (Å²) < 4.78 is 18.6. The second-order valence-electron chi connectivity index (χ2n) is 4.59. The Balaban J connectivity index is 0.000000228. The van der Waals surface area contributed by atoms with Gasteiger partial charge in [-0.1, -0.05) is 34.8 Å². The third-order valence-electron chi connectivity index (χ3n) is 2.71. The van der Waals surface area contributed by atoms with Crippen LogP contribution in [0.4, 0.5) is 4.39 Å². The molecule has 0 aliphatic carbocycles. The summed E-state index contributed by atoms with van der Waals surface area (Å²) in [6, 6.07) is 7.32. The van der Waals surface area contributed by atoms with E-state index < -0.39 is 5.82 Å². The van der Waals surface area contributed by atoms with Crippen molar-refractivity contribution in [2.75, 3.05) is 0 Å². The van der Waals surface area contributed by atoms with Crippen LogP contribution in [0.5, 0.6) is 5.75 Å². The van der Waals surface area contributed by atoms with Crippen LogP contribution in [0.15, 0.2) is 42.7 Å². The minimum absolute atomic E-state index is 0.0408. The summed E-state index contributed by atoms with van der Waals surface area (Å²) in [5.74, 6) is 0.814. The van der Waals surface area contributed by atoms with E-state index in [-0.39, 0.29) is 12.4 Å². The summed E-state index contributed by atoms with van der Waals surface area (Å²) in [7, 11) is 0. The topological polar surface area (TPSA) is 60.8 Å². The number of ether oxygens (including phenoxy) is 1. The van der Waals surface area contributed by atoms with Crippen LogP contribution in [-0.2, 0) is 12.5 Å². The van der Waals surface area contributed by atoms with E-state index in [0.717, 1.165) is 0 Å². The molecule has 26 heavy (non-hydrogen) atoms. The molecule has 2 heterocycles. The molecule has 0 bridgehead atoms. The highest BCUT2D eigenvalue weighted by molar-refractivity contribution is 6.30. The van der Waals surface area contributed by atoms with Crippen LogP contribution >= 0.6 is 46.4 Å². The fourth-order valence-electron chi connectivity index (χ4n) is 1.62. The molecule has 0 atom stereocenters. The van der Waals surface area contributed by atoms with Gasteiger partial charge in [-0.25, -0.2) is 24.3 Å². The molecule has 10 heteroatoms. The van der Waals surface area contributed by atoms with E-state index in [1.807, 2.05) is 0 Å². The zero-order chi connectivity index (χ0) is 18.9. The summed E-state index contributed by atoms with van der Waals surface area (Å²) in [5.41, 5.74) is 0. The van der Waals surface area contributed by atoms with E-state index in [4.69, 9.17) is 51.1 Å². The SMILES string of the molecule is ClCc1nccc(Cl)n1.Fc1cc(Cl)ccc1OCc1nccc(Cl)n1. The molecule has 1 aromatic carbocycles. The Morgan fingerprint density at radius 3 is 2.04 bits per heavy atom. The van der Waals surface area contributed by atoms with Crippen LogP contribution in [0.2, 0.25) is 15.3 Å². The van der Waals surface area contributed by atoms with Crippen LogP contribution < -0.4 is 4.74 Å². The summed E-state index contributed by atoms with van der Waals surface area (Å²) in [5, 5.41) is 1.06. The van der Waals surface area contributed by atoms with E-state index >= 15 is 0 Å². The van der Waals surface area contributed by atoms with Gasteiger partial charge in [0.15, 0.2) is 17.4 Å². The number of hydrogen-bond acceptors (Lipinski definition) is 5. The number of nitrogens with zero attached hydrogens (tertiary/aromatic N) is 4. The molecule has 136 valence electrons. The Bertz CT molecular complexity index is 869. The van der Waals surface area contributed by atoms with Gasteiger partial charge in [-0.3, -0.25) is 0 Å². The Kier molecular flexibility index (Phi) is 8.25. The third-order valence-corrected chi connectivity index (χ3v) is 3.61. The van der Waals surface area contributed by atoms with Crippen LogP contribution in [-0.4, -0.2) is 19.9 Å². The first kappa shape index (κ1) is 20.6. The maximum Gasteiger partial charge on any atom is 0.167 e. The molecule has 0 aliphatic heterocycles. The average molecular weight is 436 g/mol. The van der Waals surface area contributed by atoms with E-state index in [0.29, 0.717) is 32.9 Å². The van der Waals surface area contributed by atoms with Crippen molar-refractivity contribution < 1.29 is 9.13 Å². The Morgan fingerprint density at radius 2 is 1.50 bits per heavy atom. The second kappa shape index (κ2) is 10.4. The van der Waals surface area contributed by atoms with E-state index in [2.05, 4.69) is 19.9 Å². The lowest BCUT2D eigenvalue weighted by Gasteiger charge is -2.06. The molecule has 0 radical (unpaired) electrons.